The van der Waals surface area contributed by atoms with Crippen LogP contribution in [0.15, 0.2) is 277 Å². The van der Waals surface area contributed by atoms with E-state index in [0.29, 0.717) is 68.1 Å². The van der Waals surface area contributed by atoms with E-state index < -0.39 is 10.0 Å². The molecule has 0 amide bonds. The zero-order chi connectivity index (χ0) is 94.1. The Labute approximate surface area is 795 Å². The second-order valence-corrected chi connectivity index (χ2v) is 35.0. The van der Waals surface area contributed by atoms with Gasteiger partial charge in [0.05, 0.1) is 75.3 Å². The number of hydrogen-bond acceptors (Lipinski definition) is 14. The van der Waals surface area contributed by atoms with Crippen molar-refractivity contribution in [3.63, 3.8) is 0 Å². The van der Waals surface area contributed by atoms with Crippen LogP contribution in [0, 0.1) is 75.5 Å². The van der Waals surface area contributed by atoms with Gasteiger partial charge < -0.3 is 53.4 Å². The van der Waals surface area contributed by atoms with Crippen LogP contribution in [-0.2, 0) is 39.8 Å². The van der Waals surface area contributed by atoms with Crippen molar-refractivity contribution in [2.24, 2.45) is 4.40 Å². The van der Waals surface area contributed by atoms with Gasteiger partial charge in [0.2, 0.25) is 0 Å². The number of aromatic hydroxyl groups is 2. The van der Waals surface area contributed by atoms with Gasteiger partial charge in [-0.15, -0.1) is 34.8 Å². The summed E-state index contributed by atoms with van der Waals surface area (Å²) in [6.07, 6.45) is 5.61. The summed E-state index contributed by atoms with van der Waals surface area (Å²) in [4.78, 5) is 18.4. The zero-order valence-electron chi connectivity index (χ0n) is 74.8. The number of nitrogens with zero attached hydrogens (tertiary/aromatic N) is 7. The molecule has 12 aromatic carbocycles. The molecular weight excluding hydrogens is 1800 g/mol. The summed E-state index contributed by atoms with van der Waals surface area (Å²) in [5, 5.41) is 62.9. The maximum absolute atomic E-state index is 10.1. The van der Waals surface area contributed by atoms with E-state index in [1.54, 1.807) is 36.4 Å². The lowest BCUT2D eigenvalue weighted by Crippen LogP contribution is -2.33. The first-order valence-electron chi connectivity index (χ1n) is 43.1. The standard InChI is InChI=1S/C29H29N3O3.C26H23ClN2O.C17H14N2.C16H15N.C9H10BrClO.C9H11ClO2.C2H3NO3S/c30-19-27-26-18-24(34)10-13-28(26)32(29(27)22-6-8-23(33)9-7-22)20-21-4-11-25(12-5-21)35-17-16-31-14-2-1-3-15-31;1-18-3-8-21(9-4-18)26-24(16-28)23-15-19(2)5-12-25(23)29(26)17-20-6-10-22(11-7-20)30-14-13-27;1-11-3-6-13(7-4-11)17-15(10-18)14-9-12(2)5-8-16(14)19-17;1-11-3-6-13(7-4-11)16-10-14-9-12(2)5-8-15(14)17-16;10-7-8-1-3-9(4-2-8)12-6-5-11;10-5-6-12-9-3-1-8(7-11)2-4-9;1-7(5,6)3-2-4/h4-13,18,33-34H,1-3,14-17,20H2;3-12,15H,13-14,17H2,1-2H3;3-9,19H,1-2H3;3-10,17H,1-2H3;1-4H,5-7H2;1-4,11H,5-7H2;1H3. The molecule has 0 spiro atoms. The number of aromatic nitrogens is 4. The molecular formula is C108H105BrCl3N9O10S. The first-order valence-corrected chi connectivity index (χ1v) is 47.6. The SMILES string of the molecule is CS(=O)(=O)N=C=O.Cc1ccc(-c2[nH]c3ccc(C)cc3c2C#N)cc1.Cc1ccc(-c2c(C#N)c3cc(C)ccc3n2Cc2ccc(OCCCl)cc2)cc1.Cc1ccc(-c2cc3cc(C)ccc3[nH]2)cc1.ClCCOc1ccc(CBr)cc1.N#Cc1c(-c2ccc(O)cc2)n(Cc2ccc(OCCN3CCCCC3)cc2)c2ccc(O)cc12.OCc1ccc(OCCCl)cc1. The summed E-state index contributed by atoms with van der Waals surface area (Å²) in [6, 6.07) is 96.8. The lowest BCUT2D eigenvalue weighted by atomic mass is 10.0. The number of benzene rings is 12. The molecule has 5 heterocycles. The minimum Gasteiger partial charge on any atom is -0.508 e. The number of alkyl halides is 4. The third kappa shape index (κ3) is 28.3. The van der Waals surface area contributed by atoms with Crippen LogP contribution >= 0.6 is 50.7 Å². The van der Waals surface area contributed by atoms with Crippen LogP contribution < -0.4 is 18.9 Å². The van der Waals surface area contributed by atoms with Crippen molar-refractivity contribution in [1.29, 1.82) is 15.8 Å². The van der Waals surface area contributed by atoms with Gasteiger partial charge >= 0.3 is 0 Å². The van der Waals surface area contributed by atoms with Gasteiger partial charge in [0.15, 0.2) is 0 Å². The van der Waals surface area contributed by atoms with E-state index in [4.69, 9.17) is 63.7 Å². The van der Waals surface area contributed by atoms with Crippen molar-refractivity contribution in [1.82, 2.24) is 24.0 Å². The number of likely N-dealkylation sites (tertiary alicyclic amines) is 1. The number of ether oxygens (including phenoxy) is 4. The highest BCUT2D eigenvalue weighted by atomic mass is 79.9. The summed E-state index contributed by atoms with van der Waals surface area (Å²) in [6.45, 7) is 19.3. The molecule has 1 aliphatic heterocycles. The van der Waals surface area contributed by atoms with Crippen LogP contribution in [0.3, 0.4) is 0 Å². The lowest BCUT2D eigenvalue weighted by molar-refractivity contribution is 0.183. The number of piperidine rings is 1. The number of phenols is 2. The maximum atomic E-state index is 10.1. The Hall–Kier alpha value is -13.3. The molecule has 19 nitrogen and oxygen atoms in total. The van der Waals surface area contributed by atoms with E-state index in [0.717, 1.165) is 142 Å². The molecule has 132 heavy (non-hydrogen) atoms. The Bertz CT molecular complexity index is 6720. The molecule has 17 rings (SSSR count). The summed E-state index contributed by atoms with van der Waals surface area (Å²) in [5.41, 5.74) is 25.7. The molecule has 24 heteroatoms. The smallest absolute Gasteiger partial charge is 0.260 e. The summed E-state index contributed by atoms with van der Waals surface area (Å²) < 4.78 is 48.5. The largest absolute Gasteiger partial charge is 0.508 e. The van der Waals surface area contributed by atoms with Crippen molar-refractivity contribution in [3.8, 4) is 97.7 Å². The van der Waals surface area contributed by atoms with Crippen LogP contribution in [-0.4, -0.2) is 124 Å². The minimum absolute atomic E-state index is 0.0653. The summed E-state index contributed by atoms with van der Waals surface area (Å²) in [7, 11) is -3.47. The van der Waals surface area contributed by atoms with Crippen molar-refractivity contribution < 1.29 is 47.5 Å². The van der Waals surface area contributed by atoms with Gasteiger partial charge in [-0.2, -0.15) is 15.8 Å². The molecule has 1 fully saturated rings. The molecule has 0 unspecified atom stereocenters. The fraction of sp³-hybridized carbons (Fsp3) is 0.222. The quantitative estimate of drug-likeness (QED) is 0.0214. The molecule has 1 aliphatic rings. The first kappa shape index (κ1) is 99.2. The fourth-order valence-corrected chi connectivity index (χ4v) is 15.7. The third-order valence-corrected chi connectivity index (χ3v) is 23.1. The molecule has 1 saturated heterocycles. The van der Waals surface area contributed by atoms with Crippen LogP contribution in [0.5, 0.6) is 34.5 Å². The number of nitriles is 3. The molecule has 5 N–H and O–H groups in total. The maximum Gasteiger partial charge on any atom is 0.260 e. The number of halogens is 4. The number of phenolic OH excluding ortho intramolecular Hbond substituents is 2. The van der Waals surface area contributed by atoms with Crippen molar-refractivity contribution in [2.45, 2.75) is 85.8 Å². The zero-order valence-corrected chi connectivity index (χ0v) is 79.4. The molecule has 0 atom stereocenters. The molecule has 676 valence electrons. The number of aromatic amines is 2. The van der Waals surface area contributed by atoms with Crippen molar-refractivity contribution in [3.05, 3.63) is 345 Å². The number of H-pyrrole nitrogens is 2. The lowest BCUT2D eigenvalue weighted by Gasteiger charge is -2.26. The molecule has 0 radical (unpaired) electrons. The van der Waals surface area contributed by atoms with Crippen LogP contribution in [0.4, 0.5) is 0 Å². The second-order valence-electron chi connectivity index (χ2n) is 31.7. The van der Waals surface area contributed by atoms with E-state index >= 15 is 0 Å². The van der Waals surface area contributed by atoms with Gasteiger partial charge in [0.1, 0.15) is 79.1 Å². The van der Waals surface area contributed by atoms with Crippen LogP contribution in [0.25, 0.3) is 88.6 Å². The topological polar surface area (TPSA) is 277 Å². The number of aliphatic hydroxyl groups is 1. The average molecular weight is 1910 g/mol. The van der Waals surface area contributed by atoms with Gasteiger partial charge in [-0.25, -0.2) is 13.2 Å². The molecule has 0 aliphatic carbocycles. The average Bonchev–Trinajstić information content (AvgIpc) is 1.61. The minimum atomic E-state index is -3.47. The molecule has 4 aromatic heterocycles. The number of fused-ring (bicyclic) bond motifs is 4. The highest BCUT2D eigenvalue weighted by molar-refractivity contribution is 9.08. The molecule has 16 aromatic rings. The monoisotopic (exact) mass is 1900 g/mol. The molecule has 0 bridgehead atoms. The third-order valence-electron chi connectivity index (χ3n) is 21.6. The van der Waals surface area contributed by atoms with E-state index in [9.17, 15) is 34.4 Å². The van der Waals surface area contributed by atoms with Gasteiger partial charge in [0, 0.05) is 63.2 Å². The Morgan fingerprint density at radius 1 is 0.424 bits per heavy atom. The van der Waals surface area contributed by atoms with Gasteiger partial charge in [-0.3, -0.25) is 4.90 Å². The summed E-state index contributed by atoms with van der Waals surface area (Å²) in [5.74, 6) is 5.09. The normalized spacial score (nSPS) is 11.5. The molecule has 0 saturated carbocycles. The number of carbonyl (C=O) groups excluding carboxylic acids is 1. The predicted molar refractivity (Wildman–Crippen MR) is 538 cm³/mol. The Kier molecular flexibility index (Phi) is 37.3. The Morgan fingerprint density at radius 2 is 0.818 bits per heavy atom. The van der Waals surface area contributed by atoms with Gasteiger partial charge in [-0.05, 0) is 245 Å². The highest BCUT2D eigenvalue weighted by Crippen LogP contribution is 2.39. The number of sulfonamides is 1. The number of aliphatic hydroxyl groups excluding tert-OH is 1. The summed E-state index contributed by atoms with van der Waals surface area (Å²) >= 11 is 20.0. The van der Waals surface area contributed by atoms with Gasteiger partial charge in [-0.1, -0.05) is 200 Å². The number of rotatable bonds is 24. The van der Waals surface area contributed by atoms with E-state index in [1.165, 1.54) is 87.9 Å². The first-order chi connectivity index (χ1) is 63.9. The number of aryl methyl sites for hydroxylation is 6. The predicted octanol–water partition coefficient (Wildman–Crippen LogP) is 25.0. The number of nitrogens with one attached hydrogen (secondary N) is 2. The fourth-order valence-electron chi connectivity index (χ4n) is 14.9. The van der Waals surface area contributed by atoms with E-state index in [2.05, 4.69) is 237 Å². The van der Waals surface area contributed by atoms with Gasteiger partial charge in [0.25, 0.3) is 16.1 Å². The van der Waals surface area contributed by atoms with Crippen molar-refractivity contribution in [2.75, 3.05) is 70.0 Å². The Balaban J connectivity index is 0.000000157. The second kappa shape index (κ2) is 49.6. The highest BCUT2D eigenvalue weighted by Gasteiger charge is 2.23. The number of isocyanates is 1. The van der Waals surface area contributed by atoms with E-state index in [-0.39, 0.29) is 18.1 Å². The number of hydrogen-bond donors (Lipinski definition) is 5. The Morgan fingerprint density at radius 3 is 1.27 bits per heavy atom. The van der Waals surface area contributed by atoms with Crippen LogP contribution in [0.1, 0.15) is 91.6 Å². The van der Waals surface area contributed by atoms with E-state index in [1.807, 2.05) is 104 Å². The van der Waals surface area contributed by atoms with Crippen molar-refractivity contribution >= 4 is 110 Å². The van der Waals surface area contributed by atoms with Crippen LogP contribution in [0.2, 0.25) is 0 Å².